The van der Waals surface area contributed by atoms with Crippen LogP contribution in [0.5, 0.6) is 5.75 Å². The minimum absolute atomic E-state index is 0.608. The van der Waals surface area contributed by atoms with Crippen LogP contribution in [0.15, 0.2) is 48.5 Å². The molecule has 2 aromatic rings. The number of anilines is 2. The molecule has 0 amide bonds. The van der Waals surface area contributed by atoms with E-state index in [4.69, 9.17) is 4.74 Å². The minimum atomic E-state index is 0.608. The Balaban J connectivity index is 1.26. The Hall–Kier alpha value is -2.20. The van der Waals surface area contributed by atoms with Crippen molar-refractivity contribution in [2.45, 2.75) is 25.3 Å². The number of para-hydroxylation sites is 3. The fraction of sp³-hybridized carbons (Fsp3) is 0.455. The summed E-state index contributed by atoms with van der Waals surface area (Å²) in [5, 5.41) is 3.73. The lowest BCUT2D eigenvalue weighted by atomic mass is 9.96. The maximum Gasteiger partial charge on any atom is 0.142 e. The van der Waals surface area contributed by atoms with Crippen molar-refractivity contribution in [1.82, 2.24) is 4.90 Å². The molecule has 0 spiro atoms. The van der Waals surface area contributed by atoms with E-state index < -0.39 is 0 Å². The first kappa shape index (κ1) is 17.2. The third-order valence-electron chi connectivity index (χ3n) is 5.73. The second kappa shape index (κ2) is 8.00. The molecule has 4 rings (SSSR count). The molecule has 1 N–H and O–H groups in total. The number of ether oxygens (including phenoxy) is 1. The Bertz CT molecular complexity index is 725. The number of benzene rings is 2. The van der Waals surface area contributed by atoms with Gasteiger partial charge in [-0.2, -0.15) is 0 Å². The molecule has 1 unspecified atom stereocenters. The smallest absolute Gasteiger partial charge is 0.142 e. The fourth-order valence-electron chi connectivity index (χ4n) is 4.16. The number of nitrogens with one attached hydrogen (secondary N) is 1. The summed E-state index contributed by atoms with van der Waals surface area (Å²) in [6.07, 6.45) is 3.68. The summed E-state index contributed by atoms with van der Waals surface area (Å²) in [7, 11) is 1.75. The molecule has 1 fully saturated rings. The summed E-state index contributed by atoms with van der Waals surface area (Å²) in [6, 6.07) is 17.7. The lowest BCUT2D eigenvalue weighted by molar-refractivity contribution is 0.248. The third-order valence-corrected chi connectivity index (χ3v) is 5.73. The Kier molecular flexibility index (Phi) is 5.30. The zero-order chi connectivity index (χ0) is 17.8. The predicted octanol–water partition coefficient (Wildman–Crippen LogP) is 3.63. The van der Waals surface area contributed by atoms with Crippen LogP contribution in [-0.2, 0) is 6.42 Å². The molecule has 2 aliphatic heterocycles. The van der Waals surface area contributed by atoms with Crippen LogP contribution in [0.25, 0.3) is 0 Å². The molecule has 1 saturated heterocycles. The van der Waals surface area contributed by atoms with Crippen molar-refractivity contribution in [3.8, 4) is 5.75 Å². The predicted molar refractivity (Wildman–Crippen MR) is 108 cm³/mol. The van der Waals surface area contributed by atoms with Crippen molar-refractivity contribution >= 4 is 11.4 Å². The average Bonchev–Trinajstić information content (AvgIpc) is 2.72. The number of nitrogens with zero attached hydrogens (tertiary/aromatic N) is 2. The number of hydrogen-bond acceptors (Lipinski definition) is 4. The van der Waals surface area contributed by atoms with Crippen molar-refractivity contribution in [3.05, 3.63) is 54.1 Å². The third kappa shape index (κ3) is 3.80. The number of piperazine rings is 1. The highest BCUT2D eigenvalue weighted by atomic mass is 16.5. The van der Waals surface area contributed by atoms with Gasteiger partial charge in [-0.3, -0.25) is 4.90 Å². The summed E-state index contributed by atoms with van der Waals surface area (Å²) in [4.78, 5) is 5.05. The van der Waals surface area contributed by atoms with Gasteiger partial charge >= 0.3 is 0 Å². The molecule has 0 bridgehead atoms. The summed E-state index contributed by atoms with van der Waals surface area (Å²) in [6.45, 7) is 5.57. The van der Waals surface area contributed by atoms with Crippen LogP contribution in [-0.4, -0.2) is 50.8 Å². The Morgan fingerprint density at radius 3 is 2.62 bits per heavy atom. The molecule has 2 aliphatic rings. The van der Waals surface area contributed by atoms with E-state index in [0.717, 1.165) is 31.9 Å². The Morgan fingerprint density at radius 2 is 1.77 bits per heavy atom. The molecule has 26 heavy (non-hydrogen) atoms. The molecule has 2 heterocycles. The topological polar surface area (TPSA) is 27.7 Å². The lowest BCUT2D eigenvalue weighted by Crippen LogP contribution is -2.47. The highest BCUT2D eigenvalue weighted by Crippen LogP contribution is 2.29. The first-order valence-corrected chi connectivity index (χ1v) is 9.78. The van der Waals surface area contributed by atoms with E-state index >= 15 is 0 Å². The van der Waals surface area contributed by atoms with Gasteiger partial charge in [-0.25, -0.2) is 0 Å². The van der Waals surface area contributed by atoms with Crippen LogP contribution < -0.4 is 15.0 Å². The second-order valence-corrected chi connectivity index (χ2v) is 7.33. The summed E-state index contributed by atoms with van der Waals surface area (Å²) in [5.41, 5.74) is 4.03. The minimum Gasteiger partial charge on any atom is -0.495 e. The largest absolute Gasteiger partial charge is 0.495 e. The summed E-state index contributed by atoms with van der Waals surface area (Å²) >= 11 is 0. The SMILES string of the molecule is COc1ccccc1N1CCN(CCC2CCc3ccccc3N2)CC1. The zero-order valence-corrected chi connectivity index (χ0v) is 15.7. The Labute approximate surface area is 156 Å². The van der Waals surface area contributed by atoms with E-state index in [2.05, 4.69) is 51.5 Å². The van der Waals surface area contributed by atoms with Crippen molar-refractivity contribution in [2.24, 2.45) is 0 Å². The van der Waals surface area contributed by atoms with Gasteiger partial charge in [-0.05, 0) is 43.0 Å². The molecule has 4 nitrogen and oxygen atoms in total. The first-order valence-electron chi connectivity index (χ1n) is 9.78. The lowest BCUT2D eigenvalue weighted by Gasteiger charge is -2.37. The van der Waals surface area contributed by atoms with Crippen LogP contribution in [0.2, 0.25) is 0 Å². The Morgan fingerprint density at radius 1 is 1.00 bits per heavy atom. The first-order chi connectivity index (χ1) is 12.8. The van der Waals surface area contributed by atoms with E-state index in [1.807, 2.05) is 12.1 Å². The molecular formula is C22H29N3O. The quantitative estimate of drug-likeness (QED) is 0.890. The van der Waals surface area contributed by atoms with Crippen molar-refractivity contribution in [2.75, 3.05) is 50.1 Å². The van der Waals surface area contributed by atoms with E-state index in [-0.39, 0.29) is 0 Å². The van der Waals surface area contributed by atoms with Gasteiger partial charge in [0.15, 0.2) is 0 Å². The van der Waals surface area contributed by atoms with Crippen molar-refractivity contribution < 1.29 is 4.74 Å². The van der Waals surface area contributed by atoms with Crippen LogP contribution in [0, 0.1) is 0 Å². The molecule has 0 aromatic heterocycles. The molecule has 0 saturated carbocycles. The monoisotopic (exact) mass is 351 g/mol. The molecule has 2 aromatic carbocycles. The van der Waals surface area contributed by atoms with Gasteiger partial charge in [-0.1, -0.05) is 30.3 Å². The van der Waals surface area contributed by atoms with E-state index in [1.165, 1.54) is 42.7 Å². The summed E-state index contributed by atoms with van der Waals surface area (Å²) < 4.78 is 5.52. The molecule has 0 radical (unpaired) electrons. The zero-order valence-electron chi connectivity index (χ0n) is 15.7. The number of fused-ring (bicyclic) bond motifs is 1. The van der Waals surface area contributed by atoms with Gasteiger partial charge in [-0.15, -0.1) is 0 Å². The molecular weight excluding hydrogens is 322 g/mol. The van der Waals surface area contributed by atoms with Gasteiger partial charge in [0.05, 0.1) is 12.8 Å². The second-order valence-electron chi connectivity index (χ2n) is 7.33. The van der Waals surface area contributed by atoms with Gasteiger partial charge in [0.1, 0.15) is 5.75 Å². The number of hydrogen-bond donors (Lipinski definition) is 1. The molecule has 1 atom stereocenters. The van der Waals surface area contributed by atoms with Gasteiger partial charge in [0.25, 0.3) is 0 Å². The summed E-state index contributed by atoms with van der Waals surface area (Å²) in [5.74, 6) is 0.978. The molecule has 4 heteroatoms. The maximum atomic E-state index is 5.52. The van der Waals surface area contributed by atoms with Gasteiger partial charge < -0.3 is 15.0 Å². The van der Waals surface area contributed by atoms with E-state index in [9.17, 15) is 0 Å². The van der Waals surface area contributed by atoms with Crippen LogP contribution in [0.4, 0.5) is 11.4 Å². The standard InChI is InChI=1S/C22H29N3O/c1-26-22-9-5-4-8-21(22)25-16-14-24(15-17-25)13-12-19-11-10-18-6-2-3-7-20(18)23-19/h2-9,19,23H,10-17H2,1H3. The highest BCUT2D eigenvalue weighted by Gasteiger charge is 2.22. The average molecular weight is 351 g/mol. The van der Waals surface area contributed by atoms with Crippen LogP contribution >= 0.6 is 0 Å². The van der Waals surface area contributed by atoms with Crippen LogP contribution in [0.3, 0.4) is 0 Å². The highest BCUT2D eigenvalue weighted by molar-refractivity contribution is 5.58. The van der Waals surface area contributed by atoms with Gasteiger partial charge in [0.2, 0.25) is 0 Å². The van der Waals surface area contributed by atoms with Crippen molar-refractivity contribution in [3.63, 3.8) is 0 Å². The normalized spacial score (nSPS) is 20.3. The maximum absolute atomic E-state index is 5.52. The van der Waals surface area contributed by atoms with Crippen LogP contribution in [0.1, 0.15) is 18.4 Å². The van der Waals surface area contributed by atoms with E-state index in [1.54, 1.807) is 7.11 Å². The van der Waals surface area contributed by atoms with Gasteiger partial charge in [0, 0.05) is 44.5 Å². The molecule has 0 aliphatic carbocycles. The van der Waals surface area contributed by atoms with Crippen molar-refractivity contribution in [1.29, 1.82) is 0 Å². The van der Waals surface area contributed by atoms with E-state index in [0.29, 0.717) is 6.04 Å². The number of rotatable bonds is 5. The fourth-order valence-corrected chi connectivity index (χ4v) is 4.16. The number of aryl methyl sites for hydroxylation is 1. The molecule has 138 valence electrons. The number of methoxy groups -OCH3 is 1.